The highest BCUT2D eigenvalue weighted by Crippen LogP contribution is 2.37. The number of rotatable bonds is 4. The molecule has 7 nitrogen and oxygen atoms in total. The second-order valence-electron chi connectivity index (χ2n) is 7.65. The van der Waals surface area contributed by atoms with Crippen LogP contribution < -0.4 is 0 Å². The zero-order valence-corrected chi connectivity index (χ0v) is 18.7. The summed E-state index contributed by atoms with van der Waals surface area (Å²) in [4.78, 5) is 37.3. The van der Waals surface area contributed by atoms with Gasteiger partial charge in [-0.05, 0) is 71.6 Å². The highest BCUT2D eigenvalue weighted by molar-refractivity contribution is 8.18. The lowest BCUT2D eigenvalue weighted by molar-refractivity contribution is -0.143. The van der Waals surface area contributed by atoms with Crippen molar-refractivity contribution in [1.82, 2.24) is 14.7 Å². The van der Waals surface area contributed by atoms with Crippen molar-refractivity contribution in [3.63, 3.8) is 0 Å². The molecule has 5 rings (SSSR count). The number of hydrogen-bond acceptors (Lipinski definition) is 6. The van der Waals surface area contributed by atoms with E-state index in [0.29, 0.717) is 0 Å². The summed E-state index contributed by atoms with van der Waals surface area (Å²) in [5.41, 5.74) is 4.26. The number of benzene rings is 2. The van der Waals surface area contributed by atoms with Crippen LogP contribution in [-0.2, 0) is 20.7 Å². The minimum absolute atomic E-state index is 0.153. The van der Waals surface area contributed by atoms with E-state index < -0.39 is 23.7 Å². The zero-order chi connectivity index (χ0) is 22.4. The molecule has 162 valence electrons. The van der Waals surface area contributed by atoms with Gasteiger partial charge >= 0.3 is 5.97 Å². The van der Waals surface area contributed by atoms with Crippen LogP contribution in [-0.4, -0.2) is 45.5 Å². The standard InChI is InChI=1S/C23H18ClN3O4S/c1-31-21(28)12-26-22(29)20(32-23(26)30)9-13-2-6-18-15(8-13)11-25-27(18)19-7-3-14-10-16(24)4-5-17(14)19/h2,4-6,8-11,19H,3,7,12H2,1H3/b20-9-/t19-/m1/s1. The van der Waals surface area contributed by atoms with Gasteiger partial charge in [0.05, 0.1) is 29.8 Å². The van der Waals surface area contributed by atoms with E-state index in [0.717, 1.165) is 51.0 Å². The van der Waals surface area contributed by atoms with Crippen molar-refractivity contribution in [3.8, 4) is 0 Å². The van der Waals surface area contributed by atoms with Crippen LogP contribution in [0.3, 0.4) is 0 Å². The lowest BCUT2D eigenvalue weighted by Crippen LogP contribution is -2.34. The molecule has 1 aliphatic carbocycles. The molecule has 2 amide bonds. The number of imide groups is 1. The fourth-order valence-electron chi connectivity index (χ4n) is 4.21. The number of ether oxygens (including phenoxy) is 1. The van der Waals surface area contributed by atoms with Gasteiger partial charge in [-0.15, -0.1) is 0 Å². The molecule has 1 aromatic heterocycles. The first-order chi connectivity index (χ1) is 15.4. The number of hydrogen-bond donors (Lipinski definition) is 0. The summed E-state index contributed by atoms with van der Waals surface area (Å²) in [5.74, 6) is -1.14. The van der Waals surface area contributed by atoms with Gasteiger partial charge in [-0.1, -0.05) is 23.7 Å². The topological polar surface area (TPSA) is 81.5 Å². The van der Waals surface area contributed by atoms with E-state index in [9.17, 15) is 14.4 Å². The molecule has 0 unspecified atom stereocenters. The maximum Gasteiger partial charge on any atom is 0.325 e. The number of aryl methyl sites for hydroxylation is 1. The smallest absolute Gasteiger partial charge is 0.325 e. The number of carbonyl (C=O) groups excluding carboxylic acids is 3. The van der Waals surface area contributed by atoms with E-state index in [1.54, 1.807) is 6.08 Å². The number of fused-ring (bicyclic) bond motifs is 2. The van der Waals surface area contributed by atoms with Crippen molar-refractivity contribution in [2.75, 3.05) is 13.7 Å². The molecule has 0 radical (unpaired) electrons. The average molecular weight is 468 g/mol. The Labute approximate surface area is 193 Å². The number of aromatic nitrogens is 2. The molecule has 0 spiro atoms. The molecule has 1 aliphatic heterocycles. The molecular weight excluding hydrogens is 450 g/mol. The van der Waals surface area contributed by atoms with E-state index in [2.05, 4.69) is 15.9 Å². The van der Waals surface area contributed by atoms with E-state index in [-0.39, 0.29) is 10.9 Å². The lowest BCUT2D eigenvalue weighted by Gasteiger charge is -2.14. The van der Waals surface area contributed by atoms with Crippen molar-refractivity contribution in [1.29, 1.82) is 0 Å². The predicted octanol–water partition coefficient (Wildman–Crippen LogP) is 4.43. The first-order valence-electron chi connectivity index (χ1n) is 10.0. The van der Waals surface area contributed by atoms with Crippen LogP contribution in [0.25, 0.3) is 17.0 Å². The number of halogens is 1. The minimum atomic E-state index is -0.641. The minimum Gasteiger partial charge on any atom is -0.468 e. The van der Waals surface area contributed by atoms with Gasteiger partial charge in [-0.25, -0.2) is 0 Å². The van der Waals surface area contributed by atoms with Gasteiger partial charge in [0, 0.05) is 10.4 Å². The number of esters is 1. The monoisotopic (exact) mass is 467 g/mol. The Kier molecular flexibility index (Phi) is 5.27. The quantitative estimate of drug-likeness (QED) is 0.417. The molecule has 32 heavy (non-hydrogen) atoms. The number of nitrogens with zero attached hydrogens (tertiary/aromatic N) is 3. The Balaban J connectivity index is 1.42. The number of thioether (sulfide) groups is 1. The van der Waals surface area contributed by atoms with Crippen LogP contribution >= 0.6 is 23.4 Å². The van der Waals surface area contributed by atoms with Gasteiger partial charge in [-0.3, -0.25) is 24.0 Å². The van der Waals surface area contributed by atoms with Crippen LogP contribution in [0, 0.1) is 0 Å². The second kappa shape index (κ2) is 8.11. The van der Waals surface area contributed by atoms with E-state index in [1.165, 1.54) is 18.2 Å². The maximum absolute atomic E-state index is 12.5. The average Bonchev–Trinajstić information content (AvgIpc) is 3.45. The third-order valence-corrected chi connectivity index (χ3v) is 6.89. The highest BCUT2D eigenvalue weighted by atomic mass is 35.5. The largest absolute Gasteiger partial charge is 0.468 e. The summed E-state index contributed by atoms with van der Waals surface area (Å²) in [6.45, 7) is -0.390. The molecule has 0 N–H and O–H groups in total. The van der Waals surface area contributed by atoms with E-state index in [1.807, 2.05) is 41.2 Å². The Bertz CT molecular complexity index is 1320. The highest BCUT2D eigenvalue weighted by Gasteiger charge is 2.36. The van der Waals surface area contributed by atoms with Crippen LogP contribution in [0.1, 0.15) is 29.2 Å². The maximum atomic E-state index is 12.5. The van der Waals surface area contributed by atoms with Crippen molar-refractivity contribution in [2.45, 2.75) is 18.9 Å². The molecule has 3 aromatic rings. The van der Waals surface area contributed by atoms with Crippen LogP contribution in [0.4, 0.5) is 4.79 Å². The fourth-order valence-corrected chi connectivity index (χ4v) is 5.24. The molecule has 1 atom stereocenters. The molecule has 1 fully saturated rings. The number of amides is 2. The Hall–Kier alpha value is -3.10. The normalized spacial score (nSPS) is 19.2. The summed E-state index contributed by atoms with van der Waals surface area (Å²) in [7, 11) is 1.21. The molecule has 2 aliphatic rings. The summed E-state index contributed by atoms with van der Waals surface area (Å²) in [6, 6.07) is 12.0. The van der Waals surface area contributed by atoms with Crippen molar-refractivity contribution < 1.29 is 19.1 Å². The number of carbonyl (C=O) groups is 3. The molecule has 9 heteroatoms. The third-order valence-electron chi connectivity index (χ3n) is 5.75. The fraction of sp³-hybridized carbons (Fsp3) is 0.217. The number of methoxy groups -OCH3 is 1. The van der Waals surface area contributed by atoms with E-state index in [4.69, 9.17) is 11.6 Å². The lowest BCUT2D eigenvalue weighted by atomic mass is 10.1. The van der Waals surface area contributed by atoms with Crippen LogP contribution in [0.2, 0.25) is 5.02 Å². The van der Waals surface area contributed by atoms with Crippen LogP contribution in [0.5, 0.6) is 0 Å². The molecule has 2 aromatic carbocycles. The Morgan fingerprint density at radius 2 is 2.12 bits per heavy atom. The molecule has 0 bridgehead atoms. The predicted molar refractivity (Wildman–Crippen MR) is 122 cm³/mol. The van der Waals surface area contributed by atoms with Gasteiger partial charge in [-0.2, -0.15) is 5.10 Å². The Morgan fingerprint density at radius 3 is 2.94 bits per heavy atom. The first kappa shape index (κ1) is 20.8. The second-order valence-corrected chi connectivity index (χ2v) is 9.08. The molecule has 0 saturated carbocycles. The zero-order valence-electron chi connectivity index (χ0n) is 17.1. The van der Waals surface area contributed by atoms with Crippen LogP contribution in [0.15, 0.2) is 47.5 Å². The first-order valence-corrected chi connectivity index (χ1v) is 11.2. The van der Waals surface area contributed by atoms with Crippen molar-refractivity contribution >= 4 is 57.5 Å². The van der Waals surface area contributed by atoms with Crippen molar-refractivity contribution in [2.24, 2.45) is 0 Å². The third kappa shape index (κ3) is 3.59. The van der Waals surface area contributed by atoms with Gasteiger partial charge < -0.3 is 4.74 Å². The van der Waals surface area contributed by atoms with Gasteiger partial charge in [0.15, 0.2) is 0 Å². The summed E-state index contributed by atoms with van der Waals surface area (Å²) in [5, 5.41) is 5.83. The summed E-state index contributed by atoms with van der Waals surface area (Å²) < 4.78 is 6.58. The van der Waals surface area contributed by atoms with Gasteiger partial charge in [0.2, 0.25) is 0 Å². The molecular formula is C23H18ClN3O4S. The Morgan fingerprint density at radius 1 is 1.28 bits per heavy atom. The molecule has 1 saturated heterocycles. The molecule has 2 heterocycles. The van der Waals surface area contributed by atoms with Gasteiger partial charge in [0.25, 0.3) is 11.1 Å². The summed E-state index contributed by atoms with van der Waals surface area (Å²) in [6.07, 6.45) is 5.39. The van der Waals surface area contributed by atoms with Crippen molar-refractivity contribution in [3.05, 3.63) is 69.2 Å². The van der Waals surface area contributed by atoms with E-state index >= 15 is 0 Å². The summed E-state index contributed by atoms with van der Waals surface area (Å²) >= 11 is 6.95. The van der Waals surface area contributed by atoms with Gasteiger partial charge in [0.1, 0.15) is 6.54 Å². The SMILES string of the molecule is COC(=O)CN1C(=O)S/C(=C\c2ccc3c(cnn3[C@@H]3CCc4cc(Cl)ccc43)c2)C1=O.